The molecule has 5 rings (SSSR count). The maximum absolute atomic E-state index is 13.8. The van der Waals surface area contributed by atoms with Crippen molar-refractivity contribution in [1.29, 1.82) is 0 Å². The molecule has 2 aliphatic rings. The first-order valence-electron chi connectivity index (χ1n) is 9.68. The van der Waals surface area contributed by atoms with Crippen LogP contribution in [-0.4, -0.2) is 35.0 Å². The van der Waals surface area contributed by atoms with Crippen LogP contribution >= 0.6 is 0 Å². The number of fused-ring (bicyclic) bond motifs is 2. The Morgan fingerprint density at radius 1 is 1.24 bits per heavy atom. The number of urea groups is 1. The van der Waals surface area contributed by atoms with E-state index < -0.39 is 5.60 Å². The maximum Gasteiger partial charge on any atom is 0.319 e. The minimum absolute atomic E-state index is 0.291. The molecule has 8 heteroatoms. The van der Waals surface area contributed by atoms with Crippen LogP contribution < -0.4 is 15.4 Å². The molecule has 1 aromatic heterocycles. The summed E-state index contributed by atoms with van der Waals surface area (Å²) in [6, 6.07) is 9.41. The van der Waals surface area contributed by atoms with Gasteiger partial charge in [0, 0.05) is 36.3 Å². The van der Waals surface area contributed by atoms with Gasteiger partial charge in [-0.15, -0.1) is 0 Å². The number of carbonyl (C=O) groups excluding carboxylic acids is 1. The summed E-state index contributed by atoms with van der Waals surface area (Å²) in [4.78, 5) is 12.8. The molecule has 0 bridgehead atoms. The minimum Gasteiger partial charge on any atom is -0.487 e. The number of amides is 2. The molecule has 1 fully saturated rings. The topological polar surface area (TPSA) is 88.3 Å². The largest absolute Gasteiger partial charge is 0.487 e. The third kappa shape index (κ3) is 3.40. The zero-order valence-corrected chi connectivity index (χ0v) is 15.7. The van der Waals surface area contributed by atoms with E-state index in [1.54, 1.807) is 12.3 Å². The Balaban J connectivity index is 1.40. The molecule has 3 N–H and O–H groups in total. The van der Waals surface area contributed by atoms with E-state index in [1.807, 2.05) is 18.2 Å². The van der Waals surface area contributed by atoms with Gasteiger partial charge in [-0.1, -0.05) is 12.1 Å². The lowest BCUT2D eigenvalue weighted by Crippen LogP contribution is -2.49. The van der Waals surface area contributed by atoms with E-state index >= 15 is 0 Å². The van der Waals surface area contributed by atoms with Crippen molar-refractivity contribution in [3.8, 4) is 5.75 Å². The van der Waals surface area contributed by atoms with Crippen molar-refractivity contribution in [2.45, 2.75) is 30.9 Å². The average Bonchev–Trinajstić information content (AvgIpc) is 3.18. The number of ether oxygens (including phenoxy) is 2. The molecule has 3 heterocycles. The van der Waals surface area contributed by atoms with E-state index in [1.165, 1.54) is 12.1 Å². The van der Waals surface area contributed by atoms with Gasteiger partial charge in [-0.05, 0) is 18.2 Å². The highest BCUT2D eigenvalue weighted by Gasteiger charge is 2.43. The van der Waals surface area contributed by atoms with Crippen LogP contribution in [0.2, 0.25) is 0 Å². The average molecular weight is 396 g/mol. The monoisotopic (exact) mass is 396 g/mol. The second kappa shape index (κ2) is 7.04. The van der Waals surface area contributed by atoms with Crippen LogP contribution in [-0.2, 0) is 4.74 Å². The first-order valence-corrected chi connectivity index (χ1v) is 9.68. The SMILES string of the molecule is O=C(Nc1cccc2[nH]ncc12)NC1CC2(CCOCC2)Oc2cc(F)ccc21. The lowest BCUT2D eigenvalue weighted by Gasteiger charge is -2.44. The molecule has 2 aliphatic heterocycles. The van der Waals surface area contributed by atoms with Crippen molar-refractivity contribution in [1.82, 2.24) is 15.5 Å². The molecule has 0 saturated carbocycles. The molecular formula is C21H21FN4O3. The molecule has 7 nitrogen and oxygen atoms in total. The number of aromatic nitrogens is 2. The van der Waals surface area contributed by atoms with Crippen molar-refractivity contribution in [2.24, 2.45) is 0 Å². The molecule has 2 amide bonds. The standard InChI is InChI=1S/C21H21FN4O3/c22-13-4-5-14-18(11-21(29-19(14)10-13)6-8-28-9-7-21)25-20(27)24-16-2-1-3-17-15(16)12-23-26-17/h1-5,10,12,18H,6-9,11H2,(H,23,26)(H2,24,25,27). The minimum atomic E-state index is -0.457. The summed E-state index contributed by atoms with van der Waals surface area (Å²) >= 11 is 0. The molecule has 3 aromatic rings. The Bertz CT molecular complexity index is 1060. The Kier molecular flexibility index (Phi) is 4.35. The molecule has 0 radical (unpaired) electrons. The van der Waals surface area contributed by atoms with Gasteiger partial charge in [0.1, 0.15) is 17.2 Å². The number of rotatable bonds is 2. The predicted molar refractivity (Wildman–Crippen MR) is 105 cm³/mol. The number of anilines is 1. The van der Waals surface area contributed by atoms with Crippen molar-refractivity contribution in [3.63, 3.8) is 0 Å². The fourth-order valence-corrected chi connectivity index (χ4v) is 4.21. The van der Waals surface area contributed by atoms with E-state index in [0.29, 0.717) is 43.9 Å². The van der Waals surface area contributed by atoms with Crippen molar-refractivity contribution >= 4 is 22.6 Å². The summed E-state index contributed by atoms with van der Waals surface area (Å²) in [6.45, 7) is 1.18. The summed E-state index contributed by atoms with van der Waals surface area (Å²) in [5.41, 5.74) is 1.83. The molecule has 1 unspecified atom stereocenters. The molecule has 1 spiro atoms. The lowest BCUT2D eigenvalue weighted by atomic mass is 9.82. The molecular weight excluding hydrogens is 375 g/mol. The summed E-state index contributed by atoms with van der Waals surface area (Å²) in [5, 5.41) is 13.7. The third-order valence-electron chi connectivity index (χ3n) is 5.70. The van der Waals surface area contributed by atoms with Gasteiger partial charge in [0.2, 0.25) is 0 Å². The van der Waals surface area contributed by atoms with Crippen LogP contribution in [0.4, 0.5) is 14.9 Å². The zero-order chi connectivity index (χ0) is 19.8. The normalized spacial score (nSPS) is 20.1. The van der Waals surface area contributed by atoms with E-state index in [2.05, 4.69) is 20.8 Å². The first-order chi connectivity index (χ1) is 14.1. The summed E-state index contributed by atoms with van der Waals surface area (Å²) in [7, 11) is 0. The van der Waals surface area contributed by atoms with Gasteiger partial charge >= 0.3 is 6.03 Å². The van der Waals surface area contributed by atoms with Crippen LogP contribution in [0.25, 0.3) is 10.9 Å². The first kappa shape index (κ1) is 17.9. The highest BCUT2D eigenvalue weighted by molar-refractivity contribution is 6.00. The molecule has 0 aliphatic carbocycles. The van der Waals surface area contributed by atoms with Crippen molar-refractivity contribution in [2.75, 3.05) is 18.5 Å². The Hall–Kier alpha value is -3.13. The second-order valence-corrected chi connectivity index (χ2v) is 7.57. The fraction of sp³-hybridized carbons (Fsp3) is 0.333. The summed E-state index contributed by atoms with van der Waals surface area (Å²) in [6.07, 6.45) is 3.70. The van der Waals surface area contributed by atoms with Gasteiger partial charge in [0.15, 0.2) is 0 Å². The number of nitrogens with zero attached hydrogens (tertiary/aromatic N) is 1. The zero-order valence-electron chi connectivity index (χ0n) is 15.7. The molecule has 1 atom stereocenters. The number of hydrogen-bond acceptors (Lipinski definition) is 4. The second-order valence-electron chi connectivity index (χ2n) is 7.57. The van der Waals surface area contributed by atoms with Gasteiger partial charge in [-0.25, -0.2) is 9.18 Å². The van der Waals surface area contributed by atoms with E-state index in [0.717, 1.165) is 16.5 Å². The number of nitrogens with one attached hydrogen (secondary N) is 3. The van der Waals surface area contributed by atoms with Crippen LogP contribution in [0.15, 0.2) is 42.6 Å². The van der Waals surface area contributed by atoms with Gasteiger partial charge in [-0.3, -0.25) is 5.10 Å². The highest BCUT2D eigenvalue weighted by atomic mass is 19.1. The Morgan fingerprint density at radius 2 is 2.10 bits per heavy atom. The van der Waals surface area contributed by atoms with Gasteiger partial charge in [0.25, 0.3) is 0 Å². The predicted octanol–water partition coefficient (Wildman–Crippen LogP) is 3.90. The Morgan fingerprint density at radius 3 is 2.97 bits per heavy atom. The summed E-state index contributed by atoms with van der Waals surface area (Å²) in [5.74, 6) is 0.128. The third-order valence-corrected chi connectivity index (χ3v) is 5.70. The Labute approximate surface area is 166 Å². The number of carbonyl (C=O) groups is 1. The van der Waals surface area contributed by atoms with Crippen molar-refractivity contribution in [3.05, 3.63) is 54.0 Å². The van der Waals surface area contributed by atoms with E-state index in [-0.39, 0.29) is 17.9 Å². The molecule has 2 aromatic carbocycles. The van der Waals surface area contributed by atoms with Gasteiger partial charge < -0.3 is 20.1 Å². The van der Waals surface area contributed by atoms with Crippen LogP contribution in [0.1, 0.15) is 30.9 Å². The maximum atomic E-state index is 13.8. The summed E-state index contributed by atoms with van der Waals surface area (Å²) < 4.78 is 25.5. The van der Waals surface area contributed by atoms with E-state index in [9.17, 15) is 9.18 Å². The van der Waals surface area contributed by atoms with Crippen molar-refractivity contribution < 1.29 is 18.7 Å². The molecule has 150 valence electrons. The number of benzene rings is 2. The van der Waals surface area contributed by atoms with Crippen LogP contribution in [0.3, 0.4) is 0 Å². The number of hydrogen-bond donors (Lipinski definition) is 3. The van der Waals surface area contributed by atoms with E-state index in [4.69, 9.17) is 9.47 Å². The fourth-order valence-electron chi connectivity index (χ4n) is 4.21. The van der Waals surface area contributed by atoms with Crippen LogP contribution in [0, 0.1) is 5.82 Å². The highest BCUT2D eigenvalue weighted by Crippen LogP contribution is 2.44. The van der Waals surface area contributed by atoms with Gasteiger partial charge in [0.05, 0.1) is 36.7 Å². The quantitative estimate of drug-likeness (QED) is 0.613. The number of aromatic amines is 1. The smallest absolute Gasteiger partial charge is 0.319 e. The molecule has 29 heavy (non-hydrogen) atoms. The number of halogens is 1. The number of H-pyrrole nitrogens is 1. The van der Waals surface area contributed by atoms with Gasteiger partial charge in [-0.2, -0.15) is 5.10 Å². The van der Waals surface area contributed by atoms with Crippen LogP contribution in [0.5, 0.6) is 5.75 Å². The molecule has 1 saturated heterocycles. The lowest BCUT2D eigenvalue weighted by molar-refractivity contribution is -0.0637.